The Hall–Kier alpha value is -4.46. The number of anilines is 1. The van der Waals surface area contributed by atoms with Crippen molar-refractivity contribution in [1.29, 1.82) is 0 Å². The van der Waals surface area contributed by atoms with E-state index in [2.05, 4.69) is 10.2 Å². The van der Waals surface area contributed by atoms with Crippen LogP contribution in [0.1, 0.15) is 22.7 Å². The highest BCUT2D eigenvalue weighted by Gasteiger charge is 2.48. The van der Waals surface area contributed by atoms with Crippen molar-refractivity contribution in [3.63, 3.8) is 0 Å². The Morgan fingerprint density at radius 2 is 1.76 bits per heavy atom. The van der Waals surface area contributed by atoms with Gasteiger partial charge in [0.1, 0.15) is 19.0 Å². The third-order valence-corrected chi connectivity index (χ3v) is 8.94. The van der Waals surface area contributed by atoms with Crippen LogP contribution in [-0.4, -0.2) is 45.1 Å². The molecule has 1 N–H and O–H groups in total. The second-order valence-electron chi connectivity index (χ2n) is 9.14. The van der Waals surface area contributed by atoms with Gasteiger partial charge in [0.15, 0.2) is 15.8 Å². The van der Waals surface area contributed by atoms with E-state index in [1.54, 1.807) is 24.3 Å². The zero-order chi connectivity index (χ0) is 29.4. The van der Waals surface area contributed by atoms with Crippen LogP contribution >= 0.6 is 34.7 Å². The summed E-state index contributed by atoms with van der Waals surface area (Å²) in [7, 11) is 0. The summed E-state index contributed by atoms with van der Waals surface area (Å²) in [6.07, 6.45) is 0. The van der Waals surface area contributed by atoms with Crippen LogP contribution in [0.5, 0.6) is 11.5 Å². The summed E-state index contributed by atoms with van der Waals surface area (Å²) >= 11 is 8.47. The molecule has 11 nitrogen and oxygen atoms in total. The van der Waals surface area contributed by atoms with Crippen LogP contribution in [0.15, 0.2) is 76.6 Å². The Balaban J connectivity index is 1.39. The van der Waals surface area contributed by atoms with Gasteiger partial charge in [-0.25, -0.2) is 0 Å². The molecule has 1 amide bonds. The van der Waals surface area contributed by atoms with Crippen molar-refractivity contribution in [2.45, 2.75) is 16.1 Å². The number of nitro groups is 1. The number of aliphatic hydroxyl groups excluding tert-OH is 1. The molecule has 0 aliphatic carbocycles. The molecular formula is C28H19ClN4O7S2. The van der Waals surface area contributed by atoms with Gasteiger partial charge in [-0.05, 0) is 53.6 Å². The van der Waals surface area contributed by atoms with Crippen molar-refractivity contribution in [3.05, 3.63) is 104 Å². The molecule has 1 aromatic heterocycles. The number of ether oxygens (including phenoxy) is 2. The van der Waals surface area contributed by atoms with Crippen molar-refractivity contribution in [2.75, 3.05) is 18.1 Å². The summed E-state index contributed by atoms with van der Waals surface area (Å²) in [5.41, 5.74) is 1.24. The van der Waals surface area contributed by atoms with Crippen molar-refractivity contribution in [1.82, 2.24) is 10.2 Å². The Morgan fingerprint density at radius 3 is 2.48 bits per heavy atom. The fraction of sp³-hybridized carbons (Fsp3) is 0.143. The third kappa shape index (κ3) is 5.29. The van der Waals surface area contributed by atoms with Crippen LogP contribution in [-0.2, 0) is 15.3 Å². The van der Waals surface area contributed by atoms with E-state index in [4.69, 9.17) is 21.1 Å². The SMILES string of the molecule is O=C1C(=O)N(c2nnc(SCc3ccc(Cl)cc3)s2)C(c2ccc([N+](=O)[O-])cc2)/C1=C(\O)c1ccc2c(c1)OCCO2. The lowest BCUT2D eigenvalue weighted by molar-refractivity contribution is -0.384. The summed E-state index contributed by atoms with van der Waals surface area (Å²) in [4.78, 5) is 38.8. The highest BCUT2D eigenvalue weighted by Crippen LogP contribution is 2.45. The highest BCUT2D eigenvalue weighted by atomic mass is 35.5. The van der Waals surface area contributed by atoms with Crippen molar-refractivity contribution < 1.29 is 29.1 Å². The normalized spacial score (nSPS) is 17.5. The van der Waals surface area contributed by atoms with Gasteiger partial charge in [0.2, 0.25) is 5.13 Å². The van der Waals surface area contributed by atoms with E-state index in [-0.39, 0.29) is 22.0 Å². The molecule has 0 saturated carbocycles. The van der Waals surface area contributed by atoms with E-state index < -0.39 is 28.4 Å². The smallest absolute Gasteiger partial charge is 0.301 e. The number of Topliss-reactive ketones (excluding diaryl/α,β-unsaturated/α-hetero) is 1. The van der Waals surface area contributed by atoms with Gasteiger partial charge in [0, 0.05) is 28.5 Å². The first-order chi connectivity index (χ1) is 20.3. The highest BCUT2D eigenvalue weighted by molar-refractivity contribution is 8.00. The summed E-state index contributed by atoms with van der Waals surface area (Å²) in [6.45, 7) is 0.700. The average molecular weight is 623 g/mol. The molecule has 0 bridgehead atoms. The molecule has 1 fully saturated rings. The zero-order valence-electron chi connectivity index (χ0n) is 21.4. The Labute approximate surface area is 251 Å². The van der Waals surface area contributed by atoms with Crippen molar-refractivity contribution in [2.24, 2.45) is 0 Å². The Bertz CT molecular complexity index is 1740. The number of carbonyl (C=O) groups is 2. The summed E-state index contributed by atoms with van der Waals surface area (Å²) in [5, 5.41) is 31.8. The first-order valence-corrected chi connectivity index (χ1v) is 14.6. The number of carbonyl (C=O) groups excluding carboxylic acids is 2. The Morgan fingerprint density at radius 1 is 1.05 bits per heavy atom. The average Bonchev–Trinajstić information content (AvgIpc) is 3.58. The molecule has 14 heteroatoms. The molecule has 2 aliphatic heterocycles. The molecule has 2 aliphatic rings. The Kier molecular flexibility index (Phi) is 7.54. The molecule has 1 unspecified atom stereocenters. The van der Waals surface area contributed by atoms with Crippen LogP contribution in [0.2, 0.25) is 5.02 Å². The maximum absolute atomic E-state index is 13.5. The van der Waals surface area contributed by atoms with Crippen LogP contribution in [0.3, 0.4) is 0 Å². The standard InChI is InChI=1S/C28H19ClN4O7S2/c29-18-6-1-15(2-7-18)14-41-28-31-30-27(42-28)32-23(16-3-8-19(9-4-16)33(37)38)22(25(35)26(32)36)24(34)17-5-10-20-21(13-17)40-12-11-39-20/h1-10,13,23,34H,11-12,14H2/b24-22+. The van der Waals surface area contributed by atoms with E-state index in [9.17, 15) is 24.8 Å². The number of nitrogens with zero attached hydrogens (tertiary/aromatic N) is 4. The van der Waals surface area contributed by atoms with Crippen molar-refractivity contribution in [3.8, 4) is 11.5 Å². The summed E-state index contributed by atoms with van der Waals surface area (Å²) < 4.78 is 11.7. The molecule has 3 heterocycles. The molecule has 0 radical (unpaired) electrons. The lowest BCUT2D eigenvalue weighted by atomic mass is 9.95. The minimum Gasteiger partial charge on any atom is -0.507 e. The van der Waals surface area contributed by atoms with Gasteiger partial charge in [0.25, 0.3) is 11.5 Å². The minimum absolute atomic E-state index is 0.139. The van der Waals surface area contributed by atoms with Crippen LogP contribution < -0.4 is 14.4 Å². The molecule has 3 aromatic carbocycles. The van der Waals surface area contributed by atoms with E-state index in [0.717, 1.165) is 21.8 Å². The number of hydrogen-bond acceptors (Lipinski definition) is 11. The number of aliphatic hydroxyl groups is 1. The molecular weight excluding hydrogens is 604 g/mol. The molecule has 1 atom stereocenters. The number of fused-ring (bicyclic) bond motifs is 1. The fourth-order valence-electron chi connectivity index (χ4n) is 4.55. The van der Waals surface area contributed by atoms with E-state index >= 15 is 0 Å². The number of nitro benzene ring substituents is 1. The zero-order valence-corrected chi connectivity index (χ0v) is 23.8. The lowest BCUT2D eigenvalue weighted by Crippen LogP contribution is -2.29. The van der Waals surface area contributed by atoms with E-state index in [1.165, 1.54) is 42.1 Å². The van der Waals surface area contributed by atoms with Crippen molar-refractivity contribution >= 4 is 63.0 Å². The first-order valence-electron chi connectivity index (χ1n) is 12.5. The molecule has 0 spiro atoms. The van der Waals surface area contributed by atoms with Gasteiger partial charge in [-0.3, -0.25) is 24.6 Å². The molecule has 4 aromatic rings. The van der Waals surface area contributed by atoms with Gasteiger partial charge < -0.3 is 14.6 Å². The monoisotopic (exact) mass is 622 g/mol. The van der Waals surface area contributed by atoms with Gasteiger partial charge in [-0.15, -0.1) is 10.2 Å². The topological polar surface area (TPSA) is 145 Å². The van der Waals surface area contributed by atoms with Gasteiger partial charge in [0.05, 0.1) is 16.5 Å². The maximum atomic E-state index is 13.5. The maximum Gasteiger partial charge on any atom is 0.301 e. The third-order valence-electron chi connectivity index (χ3n) is 6.56. The summed E-state index contributed by atoms with van der Waals surface area (Å²) in [6, 6.07) is 16.3. The fourth-order valence-corrected chi connectivity index (χ4v) is 6.50. The molecule has 212 valence electrons. The number of halogens is 1. The number of ketones is 1. The number of hydrogen-bond donors (Lipinski definition) is 1. The number of thioether (sulfide) groups is 1. The van der Waals surface area contributed by atoms with Crippen LogP contribution in [0.4, 0.5) is 10.8 Å². The predicted molar refractivity (Wildman–Crippen MR) is 156 cm³/mol. The number of rotatable bonds is 7. The van der Waals surface area contributed by atoms with Gasteiger partial charge >= 0.3 is 5.91 Å². The molecule has 42 heavy (non-hydrogen) atoms. The predicted octanol–water partition coefficient (Wildman–Crippen LogP) is 5.79. The molecule has 6 rings (SSSR count). The number of non-ortho nitro benzene ring substituents is 1. The van der Waals surface area contributed by atoms with Gasteiger partial charge in [-0.2, -0.15) is 0 Å². The first kappa shape index (κ1) is 27.7. The molecule has 1 saturated heterocycles. The second-order valence-corrected chi connectivity index (χ2v) is 11.8. The quantitative estimate of drug-likeness (QED) is 0.0511. The minimum atomic E-state index is -1.12. The van der Waals surface area contributed by atoms with Crippen LogP contribution in [0, 0.1) is 10.1 Å². The number of benzene rings is 3. The van der Waals surface area contributed by atoms with E-state index in [0.29, 0.717) is 45.4 Å². The summed E-state index contributed by atoms with van der Waals surface area (Å²) in [5.74, 6) is -0.835. The largest absolute Gasteiger partial charge is 0.507 e. The lowest BCUT2D eigenvalue weighted by Gasteiger charge is -2.23. The van der Waals surface area contributed by atoms with Gasteiger partial charge in [-0.1, -0.05) is 46.8 Å². The number of amides is 1. The van der Waals surface area contributed by atoms with E-state index in [1.807, 2.05) is 12.1 Å². The second kappa shape index (κ2) is 11.4. The number of aromatic nitrogens is 2. The van der Waals surface area contributed by atoms with Crippen LogP contribution in [0.25, 0.3) is 5.76 Å².